The van der Waals surface area contributed by atoms with Gasteiger partial charge in [0.05, 0.1) is 0 Å². The predicted octanol–water partition coefficient (Wildman–Crippen LogP) is 4.27. The Bertz CT molecular complexity index is 523. The normalized spacial score (nSPS) is 12.0. The van der Waals surface area contributed by atoms with Crippen molar-refractivity contribution in [1.29, 1.82) is 0 Å². The Morgan fingerprint density at radius 1 is 0.952 bits per heavy atom. The molecular weight excluding hydrogens is 276 g/mol. The molecule has 0 saturated heterocycles. The van der Waals surface area contributed by atoms with E-state index in [1.165, 1.54) is 16.7 Å². The van der Waals surface area contributed by atoms with Crippen LogP contribution in [0.2, 0.25) is 0 Å². The van der Waals surface area contributed by atoms with Gasteiger partial charge in [-0.05, 0) is 61.3 Å². The van der Waals surface area contributed by atoms with Crippen molar-refractivity contribution < 1.29 is 0 Å². The fourth-order valence-electron chi connectivity index (χ4n) is 2.19. The second-order valence-corrected chi connectivity index (χ2v) is 7.50. The Hall–Kier alpha value is -1.16. The van der Waals surface area contributed by atoms with Gasteiger partial charge in [0.25, 0.3) is 0 Å². The van der Waals surface area contributed by atoms with Crippen molar-refractivity contribution in [2.75, 3.05) is 7.05 Å². The molecule has 0 amide bonds. The first-order valence-corrected chi connectivity index (χ1v) is 8.39. The maximum atomic E-state index is 3.52. The van der Waals surface area contributed by atoms with Gasteiger partial charge in [0.1, 0.15) is 0 Å². The number of benzene rings is 1. The molecule has 0 aliphatic carbocycles. The Kier molecular flexibility index (Phi) is 5.57. The zero-order valence-electron chi connectivity index (χ0n) is 13.5. The van der Waals surface area contributed by atoms with Crippen LogP contribution in [0.4, 0.5) is 0 Å². The van der Waals surface area contributed by atoms with Crippen LogP contribution < -0.4 is 5.32 Å². The molecule has 2 rings (SSSR count). The highest BCUT2D eigenvalue weighted by molar-refractivity contribution is 7.07. The summed E-state index contributed by atoms with van der Waals surface area (Å²) in [5, 5.41) is 7.88. The molecule has 0 aliphatic heterocycles. The molecule has 0 spiro atoms. The van der Waals surface area contributed by atoms with Gasteiger partial charge in [-0.3, -0.25) is 4.90 Å². The van der Waals surface area contributed by atoms with E-state index in [9.17, 15) is 0 Å². The van der Waals surface area contributed by atoms with E-state index in [0.29, 0.717) is 0 Å². The van der Waals surface area contributed by atoms with Gasteiger partial charge >= 0.3 is 0 Å². The molecule has 2 aromatic rings. The lowest BCUT2D eigenvalue weighted by atomic mass is 10.1. The fraction of sp³-hybridized carbons (Fsp3) is 0.444. The summed E-state index contributed by atoms with van der Waals surface area (Å²) in [7, 11) is 2.17. The van der Waals surface area contributed by atoms with Gasteiger partial charge in [-0.1, -0.05) is 24.3 Å². The number of hydrogen-bond acceptors (Lipinski definition) is 3. The van der Waals surface area contributed by atoms with E-state index in [1.807, 2.05) is 0 Å². The zero-order chi connectivity index (χ0) is 15.3. The highest BCUT2D eigenvalue weighted by atomic mass is 32.1. The van der Waals surface area contributed by atoms with Crippen LogP contribution in [0, 0.1) is 0 Å². The SMILES string of the molecule is CN(Cc1ccc(CNC(C)(C)C)cc1)Cc1ccsc1. The van der Waals surface area contributed by atoms with Gasteiger partial charge in [0, 0.05) is 25.2 Å². The zero-order valence-corrected chi connectivity index (χ0v) is 14.3. The van der Waals surface area contributed by atoms with E-state index in [1.54, 1.807) is 11.3 Å². The molecule has 0 saturated carbocycles. The van der Waals surface area contributed by atoms with Crippen molar-refractivity contribution in [3.05, 3.63) is 57.8 Å². The average molecular weight is 302 g/mol. The molecule has 0 bridgehead atoms. The van der Waals surface area contributed by atoms with Crippen molar-refractivity contribution in [1.82, 2.24) is 10.2 Å². The number of rotatable bonds is 6. The highest BCUT2D eigenvalue weighted by Crippen LogP contribution is 2.12. The van der Waals surface area contributed by atoms with Crippen molar-refractivity contribution in [2.24, 2.45) is 0 Å². The van der Waals surface area contributed by atoms with Crippen molar-refractivity contribution >= 4 is 11.3 Å². The van der Waals surface area contributed by atoms with Gasteiger partial charge in [-0.2, -0.15) is 11.3 Å². The fourth-order valence-corrected chi connectivity index (χ4v) is 2.85. The largest absolute Gasteiger partial charge is 0.308 e. The third-order valence-electron chi connectivity index (χ3n) is 3.33. The second-order valence-electron chi connectivity index (χ2n) is 6.72. The number of hydrogen-bond donors (Lipinski definition) is 1. The highest BCUT2D eigenvalue weighted by Gasteiger charge is 2.08. The molecular formula is C18H26N2S. The second kappa shape index (κ2) is 7.21. The Labute approximate surface area is 132 Å². The van der Waals surface area contributed by atoms with Crippen LogP contribution in [0.25, 0.3) is 0 Å². The average Bonchev–Trinajstić information content (AvgIpc) is 2.89. The summed E-state index contributed by atoms with van der Waals surface area (Å²) in [4.78, 5) is 2.35. The van der Waals surface area contributed by atoms with E-state index in [2.05, 4.69) is 79.1 Å². The van der Waals surface area contributed by atoms with Crippen molar-refractivity contribution in [3.8, 4) is 0 Å². The smallest absolute Gasteiger partial charge is 0.0242 e. The summed E-state index contributed by atoms with van der Waals surface area (Å²) in [6.45, 7) is 9.51. The molecule has 2 nitrogen and oxygen atoms in total. The summed E-state index contributed by atoms with van der Waals surface area (Å²) in [5.41, 5.74) is 4.27. The Morgan fingerprint density at radius 3 is 2.14 bits per heavy atom. The first kappa shape index (κ1) is 16.2. The molecule has 21 heavy (non-hydrogen) atoms. The molecule has 1 N–H and O–H groups in total. The summed E-state index contributed by atoms with van der Waals surface area (Å²) in [6.07, 6.45) is 0. The van der Waals surface area contributed by atoms with Crippen LogP contribution in [0.15, 0.2) is 41.1 Å². The number of thiophene rings is 1. The molecule has 0 fully saturated rings. The van der Waals surface area contributed by atoms with Crippen molar-refractivity contribution in [2.45, 2.75) is 45.9 Å². The van der Waals surface area contributed by atoms with E-state index in [4.69, 9.17) is 0 Å². The van der Waals surface area contributed by atoms with Crippen LogP contribution in [0.3, 0.4) is 0 Å². The molecule has 0 radical (unpaired) electrons. The van der Waals surface area contributed by atoms with Gasteiger partial charge in [0.15, 0.2) is 0 Å². The topological polar surface area (TPSA) is 15.3 Å². The number of nitrogens with zero attached hydrogens (tertiary/aromatic N) is 1. The summed E-state index contributed by atoms with van der Waals surface area (Å²) < 4.78 is 0. The van der Waals surface area contributed by atoms with E-state index in [0.717, 1.165) is 19.6 Å². The van der Waals surface area contributed by atoms with Crippen LogP contribution in [0.1, 0.15) is 37.5 Å². The molecule has 114 valence electrons. The monoisotopic (exact) mass is 302 g/mol. The molecule has 0 aliphatic rings. The lowest BCUT2D eigenvalue weighted by molar-refractivity contribution is 0.319. The van der Waals surface area contributed by atoms with E-state index < -0.39 is 0 Å². The summed E-state index contributed by atoms with van der Waals surface area (Å²) >= 11 is 1.76. The van der Waals surface area contributed by atoms with Gasteiger partial charge in [0.2, 0.25) is 0 Å². The van der Waals surface area contributed by atoms with Gasteiger partial charge in [-0.15, -0.1) is 0 Å². The van der Waals surface area contributed by atoms with Crippen LogP contribution in [0.5, 0.6) is 0 Å². The number of nitrogens with one attached hydrogen (secondary N) is 1. The van der Waals surface area contributed by atoms with Crippen LogP contribution >= 0.6 is 11.3 Å². The maximum Gasteiger partial charge on any atom is 0.0242 e. The molecule has 0 unspecified atom stereocenters. The van der Waals surface area contributed by atoms with Crippen molar-refractivity contribution in [3.63, 3.8) is 0 Å². The standard InChI is InChI=1S/C18H26N2S/c1-18(2,3)19-11-15-5-7-16(8-6-15)12-20(4)13-17-9-10-21-14-17/h5-10,14,19H,11-13H2,1-4H3. The van der Waals surface area contributed by atoms with E-state index in [-0.39, 0.29) is 5.54 Å². The van der Waals surface area contributed by atoms with E-state index >= 15 is 0 Å². The van der Waals surface area contributed by atoms with Gasteiger partial charge in [-0.25, -0.2) is 0 Å². The lowest BCUT2D eigenvalue weighted by Gasteiger charge is -2.21. The third-order valence-corrected chi connectivity index (χ3v) is 4.06. The minimum atomic E-state index is 0.166. The van der Waals surface area contributed by atoms with Gasteiger partial charge < -0.3 is 5.32 Å². The molecule has 3 heteroatoms. The van der Waals surface area contributed by atoms with Crippen LogP contribution in [-0.4, -0.2) is 17.5 Å². The quantitative estimate of drug-likeness (QED) is 0.857. The minimum absolute atomic E-state index is 0.166. The summed E-state index contributed by atoms with van der Waals surface area (Å²) in [6, 6.07) is 11.1. The van der Waals surface area contributed by atoms with Crippen LogP contribution in [-0.2, 0) is 19.6 Å². The Morgan fingerprint density at radius 2 is 1.57 bits per heavy atom. The lowest BCUT2D eigenvalue weighted by Crippen LogP contribution is -2.35. The minimum Gasteiger partial charge on any atom is -0.308 e. The molecule has 1 aromatic heterocycles. The molecule has 1 aromatic carbocycles. The first-order chi connectivity index (χ1) is 9.92. The first-order valence-electron chi connectivity index (χ1n) is 7.45. The predicted molar refractivity (Wildman–Crippen MR) is 92.5 cm³/mol. The molecule has 1 heterocycles. The maximum absolute atomic E-state index is 3.52. The molecule has 0 atom stereocenters. The third kappa shape index (κ3) is 6.00. The Balaban J connectivity index is 1.84. The summed E-state index contributed by atoms with van der Waals surface area (Å²) in [5.74, 6) is 0.